The first-order valence-corrected chi connectivity index (χ1v) is 7.16. The average molecular weight is 346 g/mol. The van der Waals surface area contributed by atoms with Crippen LogP contribution in [0.1, 0.15) is 23.2 Å². The van der Waals surface area contributed by atoms with Gasteiger partial charge in [0.25, 0.3) is 0 Å². The van der Waals surface area contributed by atoms with Crippen LogP contribution in [0, 0.1) is 0 Å². The van der Waals surface area contributed by atoms with E-state index < -0.39 is 0 Å². The molecule has 1 unspecified atom stereocenters. The van der Waals surface area contributed by atoms with Gasteiger partial charge in [-0.1, -0.05) is 45.7 Å². The number of carbonyl (C=O) groups excluding carboxylic acids is 1. The van der Waals surface area contributed by atoms with Crippen LogP contribution in [0.2, 0.25) is 0 Å². The smallest absolute Gasteiger partial charge is 0.167 e. The van der Waals surface area contributed by atoms with E-state index >= 15 is 0 Å². The van der Waals surface area contributed by atoms with E-state index in [9.17, 15) is 4.79 Å². The first kappa shape index (κ1) is 13.9. The normalized spacial score (nSPS) is 19.2. The van der Waals surface area contributed by atoms with E-state index in [1.807, 2.05) is 18.2 Å². The summed E-state index contributed by atoms with van der Waals surface area (Å²) in [7, 11) is 0. The topological polar surface area (TPSA) is 17.1 Å². The molecule has 1 aliphatic rings. The van der Waals surface area contributed by atoms with Crippen molar-refractivity contribution >= 4 is 44.9 Å². The molecular weight excluding hydrogens is 335 g/mol. The van der Waals surface area contributed by atoms with Gasteiger partial charge in [0, 0.05) is 21.5 Å². The Balaban J connectivity index is 2.09. The number of benzene rings is 1. The predicted octanol–water partition coefficient (Wildman–Crippen LogP) is 5.08. The summed E-state index contributed by atoms with van der Waals surface area (Å²) in [6, 6.07) is 7.32. The summed E-state index contributed by atoms with van der Waals surface area (Å²) in [4.78, 5) is 12.1. The molecule has 1 aromatic carbocycles. The Bertz CT molecular complexity index is 517. The van der Waals surface area contributed by atoms with Gasteiger partial charge >= 0.3 is 0 Å². The Kier molecular flexibility index (Phi) is 4.66. The molecule has 0 amide bonds. The maximum absolute atomic E-state index is 12.1. The summed E-state index contributed by atoms with van der Waals surface area (Å²) in [6.07, 6.45) is 4.77. The van der Waals surface area contributed by atoms with Crippen molar-refractivity contribution in [2.75, 3.05) is 0 Å². The van der Waals surface area contributed by atoms with Gasteiger partial charge in [-0.05, 0) is 30.2 Å². The Morgan fingerprint density at radius 3 is 2.61 bits per heavy atom. The van der Waals surface area contributed by atoms with E-state index in [1.54, 1.807) is 18.2 Å². The number of carbonyl (C=O) groups is 1. The highest BCUT2D eigenvalue weighted by Gasteiger charge is 2.16. The Morgan fingerprint density at radius 1 is 1.33 bits per heavy atom. The summed E-state index contributed by atoms with van der Waals surface area (Å²) in [5.41, 5.74) is 1.55. The average Bonchev–Trinajstić information content (AvgIpc) is 2.33. The van der Waals surface area contributed by atoms with Crippen molar-refractivity contribution in [3.63, 3.8) is 0 Å². The summed E-state index contributed by atoms with van der Waals surface area (Å²) >= 11 is 15.4. The lowest BCUT2D eigenvalue weighted by Gasteiger charge is -2.13. The molecule has 94 valence electrons. The quantitative estimate of drug-likeness (QED) is 0.551. The molecule has 0 aliphatic heterocycles. The molecule has 2 rings (SSSR count). The van der Waals surface area contributed by atoms with Gasteiger partial charge in [-0.3, -0.25) is 4.79 Å². The largest absolute Gasteiger partial charge is 0.294 e. The second-order valence-electron chi connectivity index (χ2n) is 4.10. The monoisotopic (exact) mass is 344 g/mol. The fourth-order valence-electron chi connectivity index (χ4n) is 1.75. The highest BCUT2D eigenvalue weighted by molar-refractivity contribution is 9.10. The number of halogens is 3. The summed E-state index contributed by atoms with van der Waals surface area (Å²) in [6.45, 7) is 0. The number of allylic oxidation sites excluding steroid dienone is 4. The van der Waals surface area contributed by atoms with Crippen LogP contribution >= 0.6 is 39.1 Å². The van der Waals surface area contributed by atoms with E-state index in [4.69, 9.17) is 23.2 Å². The highest BCUT2D eigenvalue weighted by atomic mass is 79.9. The summed E-state index contributed by atoms with van der Waals surface area (Å²) in [5, 5.41) is 0.524. The molecule has 0 heterocycles. The lowest BCUT2D eigenvalue weighted by Crippen LogP contribution is -2.06. The first-order chi connectivity index (χ1) is 8.56. The van der Waals surface area contributed by atoms with Crippen molar-refractivity contribution in [2.45, 2.75) is 18.2 Å². The van der Waals surface area contributed by atoms with Crippen molar-refractivity contribution in [3.05, 3.63) is 57.1 Å². The van der Waals surface area contributed by atoms with Crippen molar-refractivity contribution in [2.24, 2.45) is 0 Å². The molecule has 1 nitrogen and oxygen atoms in total. The zero-order chi connectivity index (χ0) is 13.1. The number of hydrogen-bond acceptors (Lipinski definition) is 1. The van der Waals surface area contributed by atoms with E-state index in [0.29, 0.717) is 17.0 Å². The number of Topliss-reactive ketones (excluding diaryl/α,β-unsaturated/α-hetero) is 1. The number of hydrogen-bond donors (Lipinski definition) is 0. The van der Waals surface area contributed by atoms with E-state index in [0.717, 1.165) is 16.5 Å². The molecule has 0 aromatic heterocycles. The van der Waals surface area contributed by atoms with Crippen LogP contribution < -0.4 is 0 Å². The molecular formula is C14H11BrCl2O. The van der Waals surface area contributed by atoms with Crippen LogP contribution in [0.5, 0.6) is 0 Å². The van der Waals surface area contributed by atoms with Gasteiger partial charge in [0.15, 0.2) is 5.78 Å². The molecule has 1 aromatic rings. The molecule has 18 heavy (non-hydrogen) atoms. The summed E-state index contributed by atoms with van der Waals surface area (Å²) < 4.78 is 0.957. The third-order valence-electron chi connectivity index (χ3n) is 2.74. The number of alkyl halides is 1. The van der Waals surface area contributed by atoms with Gasteiger partial charge in [0.2, 0.25) is 0 Å². The maximum atomic E-state index is 12.1. The van der Waals surface area contributed by atoms with Crippen LogP contribution in [0.4, 0.5) is 0 Å². The van der Waals surface area contributed by atoms with Gasteiger partial charge < -0.3 is 0 Å². The van der Waals surface area contributed by atoms with Gasteiger partial charge in [0.05, 0.1) is 5.38 Å². The van der Waals surface area contributed by atoms with Crippen LogP contribution in [-0.4, -0.2) is 11.2 Å². The standard InChI is InChI=1S/C14H11BrCl2O/c15-11-4-1-9(2-5-11)14(18)7-10-3-6-12(16)8-13(10)17/h1-5,8,12H,6-7H2. The third kappa shape index (κ3) is 3.47. The Morgan fingerprint density at radius 2 is 2.00 bits per heavy atom. The third-order valence-corrected chi connectivity index (χ3v) is 3.94. The molecule has 0 bridgehead atoms. The second kappa shape index (κ2) is 6.05. The van der Waals surface area contributed by atoms with Crippen molar-refractivity contribution < 1.29 is 4.79 Å². The lowest BCUT2D eigenvalue weighted by atomic mass is 9.98. The van der Waals surface area contributed by atoms with Gasteiger partial charge in [-0.2, -0.15) is 0 Å². The van der Waals surface area contributed by atoms with Crippen molar-refractivity contribution in [1.82, 2.24) is 0 Å². The molecule has 0 spiro atoms. The van der Waals surface area contributed by atoms with Crippen LogP contribution in [0.25, 0.3) is 0 Å². The highest BCUT2D eigenvalue weighted by Crippen LogP contribution is 2.28. The van der Waals surface area contributed by atoms with E-state index in [-0.39, 0.29) is 11.2 Å². The predicted molar refractivity (Wildman–Crippen MR) is 79.4 cm³/mol. The van der Waals surface area contributed by atoms with Gasteiger partial charge in [-0.25, -0.2) is 0 Å². The van der Waals surface area contributed by atoms with E-state index in [1.165, 1.54) is 0 Å². The van der Waals surface area contributed by atoms with Crippen molar-refractivity contribution in [3.8, 4) is 0 Å². The Labute approximate surface area is 125 Å². The number of rotatable bonds is 3. The van der Waals surface area contributed by atoms with Gasteiger partial charge in [0.1, 0.15) is 0 Å². The molecule has 1 aliphatic carbocycles. The maximum Gasteiger partial charge on any atom is 0.167 e. The number of ketones is 1. The fraction of sp³-hybridized carbons (Fsp3) is 0.214. The van der Waals surface area contributed by atoms with Crippen LogP contribution in [-0.2, 0) is 0 Å². The summed E-state index contributed by atoms with van der Waals surface area (Å²) in [5.74, 6) is 0.0633. The fourth-order valence-corrected chi connectivity index (χ4v) is 2.59. The zero-order valence-corrected chi connectivity index (χ0v) is 12.6. The second-order valence-corrected chi connectivity index (χ2v) is 5.99. The minimum absolute atomic E-state index is 0.0633. The molecule has 0 radical (unpaired) electrons. The first-order valence-electron chi connectivity index (χ1n) is 5.56. The minimum atomic E-state index is -0.0657. The molecule has 4 heteroatoms. The van der Waals surface area contributed by atoms with Gasteiger partial charge in [-0.15, -0.1) is 11.6 Å². The minimum Gasteiger partial charge on any atom is -0.294 e. The SMILES string of the molecule is O=C(CC1=CCC(Cl)C=C1Cl)c1ccc(Br)cc1. The molecule has 0 saturated carbocycles. The van der Waals surface area contributed by atoms with Crippen LogP contribution in [0.3, 0.4) is 0 Å². The Hall–Kier alpha value is -0.570. The van der Waals surface area contributed by atoms with E-state index in [2.05, 4.69) is 15.9 Å². The van der Waals surface area contributed by atoms with Crippen molar-refractivity contribution in [1.29, 1.82) is 0 Å². The molecule has 0 N–H and O–H groups in total. The molecule has 0 saturated heterocycles. The van der Waals surface area contributed by atoms with Crippen LogP contribution in [0.15, 0.2) is 51.5 Å². The zero-order valence-electron chi connectivity index (χ0n) is 9.50. The lowest BCUT2D eigenvalue weighted by molar-refractivity contribution is 0.0993. The molecule has 1 atom stereocenters. The molecule has 0 fully saturated rings.